The fourth-order valence-corrected chi connectivity index (χ4v) is 2.53. The van der Waals surface area contributed by atoms with Crippen molar-refractivity contribution in [1.82, 2.24) is 5.32 Å². The molecule has 1 fully saturated rings. The lowest BCUT2D eigenvalue weighted by atomic mass is 10.1. The maximum absolute atomic E-state index is 13.1. The Morgan fingerprint density at radius 2 is 2.33 bits per heavy atom. The minimum absolute atomic E-state index is 0.226. The minimum atomic E-state index is -0.621. The van der Waals surface area contributed by atoms with E-state index in [1.54, 1.807) is 6.08 Å². The summed E-state index contributed by atoms with van der Waals surface area (Å²) in [6, 6.07) is 2.41. The molecule has 0 radical (unpaired) electrons. The van der Waals surface area contributed by atoms with Crippen molar-refractivity contribution in [3.63, 3.8) is 0 Å². The van der Waals surface area contributed by atoms with Crippen LogP contribution in [0.5, 0.6) is 0 Å². The van der Waals surface area contributed by atoms with Crippen LogP contribution >= 0.6 is 15.9 Å². The van der Waals surface area contributed by atoms with E-state index in [0.29, 0.717) is 10.0 Å². The summed E-state index contributed by atoms with van der Waals surface area (Å²) in [6.07, 6.45) is 5.67. The van der Waals surface area contributed by atoms with Crippen LogP contribution in [0.2, 0.25) is 0 Å². The van der Waals surface area contributed by atoms with E-state index in [4.69, 9.17) is 0 Å². The molecule has 18 heavy (non-hydrogen) atoms. The molecule has 0 saturated carbocycles. The largest absolute Gasteiger partial charge is 0.311 e. The number of hydrogen-bond donors (Lipinski definition) is 1. The first-order chi connectivity index (χ1) is 8.58. The van der Waals surface area contributed by atoms with Gasteiger partial charge in [0.15, 0.2) is 0 Å². The van der Waals surface area contributed by atoms with Crippen LogP contribution in [-0.2, 0) is 0 Å². The lowest BCUT2D eigenvalue weighted by molar-refractivity contribution is -0.385. The average molecular weight is 315 g/mol. The highest BCUT2D eigenvalue weighted by atomic mass is 79.9. The van der Waals surface area contributed by atoms with E-state index < -0.39 is 10.7 Å². The molecule has 1 unspecified atom stereocenters. The van der Waals surface area contributed by atoms with Crippen molar-refractivity contribution in [1.29, 1.82) is 0 Å². The summed E-state index contributed by atoms with van der Waals surface area (Å²) in [4.78, 5) is 10.3. The standard InChI is InChI=1S/C12H12BrFN2O2/c13-11-6-8(14)7-12(16(17)18)10(11)4-3-9-2-1-5-15-9/h3-4,6-7,9,15H,1-2,5H2. The Kier molecular flexibility index (Phi) is 4.08. The zero-order valence-electron chi connectivity index (χ0n) is 9.53. The summed E-state index contributed by atoms with van der Waals surface area (Å²) in [5.74, 6) is -0.621. The zero-order chi connectivity index (χ0) is 13.1. The Labute approximate surface area is 112 Å². The summed E-state index contributed by atoms with van der Waals surface area (Å²) in [7, 11) is 0. The molecule has 1 aliphatic heterocycles. The SMILES string of the molecule is O=[N+]([O-])c1cc(F)cc(Br)c1C=CC1CCCN1. The fraction of sp³-hybridized carbons (Fsp3) is 0.333. The molecule has 0 aromatic heterocycles. The molecule has 0 bridgehead atoms. The smallest absolute Gasteiger partial charge is 0.280 e. The van der Waals surface area contributed by atoms with Crippen molar-refractivity contribution in [2.75, 3.05) is 6.54 Å². The van der Waals surface area contributed by atoms with Gasteiger partial charge in [-0.3, -0.25) is 10.1 Å². The first kappa shape index (κ1) is 13.2. The second kappa shape index (κ2) is 5.58. The van der Waals surface area contributed by atoms with Gasteiger partial charge in [0.25, 0.3) is 5.69 Å². The van der Waals surface area contributed by atoms with Gasteiger partial charge in [-0.15, -0.1) is 0 Å². The molecule has 2 rings (SSSR count). The van der Waals surface area contributed by atoms with Crippen molar-refractivity contribution < 1.29 is 9.31 Å². The Bertz CT molecular complexity index is 499. The molecule has 1 N–H and O–H groups in total. The third-order valence-electron chi connectivity index (χ3n) is 2.86. The molecule has 96 valence electrons. The van der Waals surface area contributed by atoms with E-state index >= 15 is 0 Å². The molecule has 4 nitrogen and oxygen atoms in total. The van der Waals surface area contributed by atoms with Crippen LogP contribution in [0.25, 0.3) is 6.08 Å². The van der Waals surface area contributed by atoms with Crippen LogP contribution in [0.15, 0.2) is 22.7 Å². The van der Waals surface area contributed by atoms with Gasteiger partial charge >= 0.3 is 0 Å². The molecule has 0 amide bonds. The maximum Gasteiger partial charge on any atom is 0.280 e. The van der Waals surface area contributed by atoms with Crippen LogP contribution in [0.1, 0.15) is 18.4 Å². The van der Waals surface area contributed by atoms with E-state index in [9.17, 15) is 14.5 Å². The Hall–Kier alpha value is -1.27. The number of benzene rings is 1. The monoisotopic (exact) mass is 314 g/mol. The number of nitrogens with zero attached hydrogens (tertiary/aromatic N) is 1. The van der Waals surface area contributed by atoms with E-state index in [0.717, 1.165) is 25.5 Å². The fourth-order valence-electron chi connectivity index (χ4n) is 1.98. The van der Waals surface area contributed by atoms with Gasteiger partial charge < -0.3 is 5.32 Å². The van der Waals surface area contributed by atoms with Crippen LogP contribution in [0, 0.1) is 15.9 Å². The predicted octanol–water partition coefficient (Wildman–Crippen LogP) is 3.26. The second-order valence-corrected chi connectivity index (χ2v) is 4.99. The summed E-state index contributed by atoms with van der Waals surface area (Å²) in [5.41, 5.74) is 0.172. The molecule has 1 heterocycles. The first-order valence-electron chi connectivity index (χ1n) is 5.63. The molecular formula is C12H12BrFN2O2. The van der Waals surface area contributed by atoms with Gasteiger partial charge in [0.2, 0.25) is 0 Å². The van der Waals surface area contributed by atoms with Crippen molar-refractivity contribution in [3.8, 4) is 0 Å². The number of nitrogens with one attached hydrogen (secondary N) is 1. The van der Waals surface area contributed by atoms with Crippen LogP contribution in [-0.4, -0.2) is 17.5 Å². The minimum Gasteiger partial charge on any atom is -0.311 e. The average Bonchev–Trinajstić information content (AvgIpc) is 2.79. The highest BCUT2D eigenvalue weighted by Crippen LogP contribution is 2.29. The van der Waals surface area contributed by atoms with Crippen molar-refractivity contribution in [2.45, 2.75) is 18.9 Å². The molecular weight excluding hydrogens is 303 g/mol. The molecule has 1 atom stereocenters. The van der Waals surface area contributed by atoms with E-state index in [-0.39, 0.29) is 11.7 Å². The number of halogens is 2. The summed E-state index contributed by atoms with van der Waals surface area (Å²) in [6.45, 7) is 0.960. The van der Waals surface area contributed by atoms with Gasteiger partial charge in [-0.05, 0) is 47.5 Å². The molecule has 1 saturated heterocycles. The van der Waals surface area contributed by atoms with Gasteiger partial charge in [-0.2, -0.15) is 0 Å². The number of nitro groups is 1. The van der Waals surface area contributed by atoms with Crippen molar-refractivity contribution in [2.24, 2.45) is 0 Å². The number of rotatable bonds is 3. The Morgan fingerprint density at radius 1 is 1.56 bits per heavy atom. The highest BCUT2D eigenvalue weighted by molar-refractivity contribution is 9.10. The highest BCUT2D eigenvalue weighted by Gasteiger charge is 2.18. The number of hydrogen-bond acceptors (Lipinski definition) is 3. The lowest BCUT2D eigenvalue weighted by Crippen LogP contribution is -2.18. The summed E-state index contributed by atoms with van der Waals surface area (Å²) < 4.78 is 13.5. The van der Waals surface area contributed by atoms with Gasteiger partial charge in [0.05, 0.1) is 16.6 Å². The van der Waals surface area contributed by atoms with Crippen molar-refractivity contribution >= 4 is 27.7 Å². The van der Waals surface area contributed by atoms with Gasteiger partial charge in [-0.25, -0.2) is 4.39 Å². The Morgan fingerprint density at radius 3 is 2.94 bits per heavy atom. The van der Waals surface area contributed by atoms with E-state index in [1.165, 1.54) is 6.07 Å². The third kappa shape index (κ3) is 2.94. The molecule has 0 spiro atoms. The summed E-state index contributed by atoms with van der Waals surface area (Å²) >= 11 is 3.16. The maximum atomic E-state index is 13.1. The van der Waals surface area contributed by atoms with Crippen LogP contribution in [0.4, 0.5) is 10.1 Å². The van der Waals surface area contributed by atoms with Gasteiger partial charge in [0.1, 0.15) is 5.82 Å². The van der Waals surface area contributed by atoms with Crippen LogP contribution in [0.3, 0.4) is 0 Å². The number of nitro benzene ring substituents is 1. The van der Waals surface area contributed by atoms with Gasteiger partial charge in [0, 0.05) is 10.5 Å². The third-order valence-corrected chi connectivity index (χ3v) is 3.52. The lowest BCUT2D eigenvalue weighted by Gasteiger charge is -2.04. The molecule has 1 aromatic rings. The topological polar surface area (TPSA) is 55.2 Å². The zero-order valence-corrected chi connectivity index (χ0v) is 11.1. The molecule has 6 heteroatoms. The van der Waals surface area contributed by atoms with E-state index in [2.05, 4.69) is 21.2 Å². The Balaban J connectivity index is 2.33. The predicted molar refractivity (Wildman–Crippen MR) is 70.8 cm³/mol. The normalized spacial score (nSPS) is 19.6. The van der Waals surface area contributed by atoms with Crippen molar-refractivity contribution in [3.05, 3.63) is 44.2 Å². The van der Waals surface area contributed by atoms with E-state index in [1.807, 2.05) is 6.08 Å². The quantitative estimate of drug-likeness (QED) is 0.688. The first-order valence-corrected chi connectivity index (χ1v) is 6.42. The van der Waals surface area contributed by atoms with Gasteiger partial charge in [-0.1, -0.05) is 6.08 Å². The second-order valence-electron chi connectivity index (χ2n) is 4.14. The van der Waals surface area contributed by atoms with Crippen LogP contribution < -0.4 is 5.32 Å². The molecule has 1 aromatic carbocycles. The molecule has 1 aliphatic rings. The molecule has 0 aliphatic carbocycles. The summed E-state index contributed by atoms with van der Waals surface area (Å²) in [5, 5.41) is 14.2.